The van der Waals surface area contributed by atoms with Gasteiger partial charge in [-0.15, -0.1) is 0 Å². The van der Waals surface area contributed by atoms with Gasteiger partial charge in [0.15, 0.2) is 11.4 Å². The normalized spacial score (nSPS) is 19.6. The van der Waals surface area contributed by atoms with Crippen LogP contribution in [0.15, 0.2) is 65.3 Å². The number of rotatable bonds is 2. The van der Waals surface area contributed by atoms with Crippen molar-refractivity contribution in [3.05, 3.63) is 77.6 Å². The van der Waals surface area contributed by atoms with Gasteiger partial charge in [0.2, 0.25) is 5.91 Å². The molecule has 2 aromatic heterocycles. The van der Waals surface area contributed by atoms with Gasteiger partial charge in [-0.2, -0.15) is 0 Å². The Morgan fingerprint density at radius 3 is 2.83 bits per heavy atom. The van der Waals surface area contributed by atoms with E-state index >= 15 is 0 Å². The van der Waals surface area contributed by atoms with Gasteiger partial charge in [-0.25, -0.2) is 0 Å². The van der Waals surface area contributed by atoms with E-state index in [1.807, 2.05) is 48.5 Å². The van der Waals surface area contributed by atoms with Gasteiger partial charge in [0.05, 0.1) is 17.6 Å². The zero-order valence-corrected chi connectivity index (χ0v) is 15.3. The van der Waals surface area contributed by atoms with Crippen LogP contribution in [0.4, 0.5) is 11.5 Å². The summed E-state index contributed by atoms with van der Waals surface area (Å²) in [5, 5.41) is 4.51. The van der Waals surface area contributed by atoms with E-state index in [0.29, 0.717) is 29.1 Å². The second kappa shape index (κ2) is 5.57. The highest BCUT2D eigenvalue weighted by Crippen LogP contribution is 2.53. The average molecular weight is 384 g/mol. The van der Waals surface area contributed by atoms with E-state index in [-0.39, 0.29) is 12.5 Å². The molecule has 2 aromatic carbocycles. The third-order valence-electron chi connectivity index (χ3n) is 5.82. The summed E-state index contributed by atoms with van der Waals surface area (Å²) in [6, 6.07) is 17.2. The summed E-state index contributed by atoms with van der Waals surface area (Å²) >= 11 is 0. The molecule has 1 atom stereocenters. The molecule has 1 unspecified atom stereocenters. The molecule has 7 heteroatoms. The smallest absolute Gasteiger partial charge is 0.246 e. The van der Waals surface area contributed by atoms with Gasteiger partial charge in [-0.3, -0.25) is 9.78 Å². The molecular weight excluding hydrogens is 368 g/mol. The van der Waals surface area contributed by atoms with Crippen LogP contribution in [0.1, 0.15) is 16.8 Å². The summed E-state index contributed by atoms with van der Waals surface area (Å²) in [5.74, 6) is 0.892. The van der Waals surface area contributed by atoms with E-state index in [2.05, 4.69) is 10.1 Å². The standard InChI is InChI=1S/C22H16N4O3/c23-20-14-9-16-19(10-18(14)29-25-20)28-12-22(16)15-6-1-2-7-17(15)26(21(22)27)11-13-5-3-4-8-24-13/h1-10H,11-12H2,(H2,23,25). The van der Waals surface area contributed by atoms with Gasteiger partial charge < -0.3 is 19.9 Å². The summed E-state index contributed by atoms with van der Waals surface area (Å²) < 4.78 is 11.3. The van der Waals surface area contributed by atoms with E-state index in [1.54, 1.807) is 17.2 Å². The number of benzene rings is 2. The number of ether oxygens (including phenoxy) is 1. The Morgan fingerprint density at radius 2 is 1.97 bits per heavy atom. The second-order valence-corrected chi connectivity index (χ2v) is 7.34. The molecule has 0 aliphatic carbocycles. The number of hydrogen-bond donors (Lipinski definition) is 1. The molecule has 0 fully saturated rings. The first kappa shape index (κ1) is 16.1. The van der Waals surface area contributed by atoms with Crippen molar-refractivity contribution in [3.63, 3.8) is 0 Å². The van der Waals surface area contributed by atoms with Crippen LogP contribution in [0.3, 0.4) is 0 Å². The SMILES string of the molecule is Nc1noc2cc3c(cc12)C1(CO3)C(=O)N(Cc2ccccn2)c2ccccc21. The van der Waals surface area contributed by atoms with Gasteiger partial charge in [0.25, 0.3) is 0 Å². The maximum atomic E-state index is 13.9. The molecule has 0 saturated carbocycles. The van der Waals surface area contributed by atoms with Crippen LogP contribution in [-0.2, 0) is 16.8 Å². The lowest BCUT2D eigenvalue weighted by molar-refractivity contribution is -0.122. The molecule has 4 heterocycles. The third-order valence-corrected chi connectivity index (χ3v) is 5.82. The van der Waals surface area contributed by atoms with Crippen molar-refractivity contribution in [1.29, 1.82) is 0 Å². The Balaban J connectivity index is 1.55. The van der Waals surface area contributed by atoms with Gasteiger partial charge in [-0.05, 0) is 29.8 Å². The van der Waals surface area contributed by atoms with E-state index in [1.165, 1.54) is 0 Å². The third kappa shape index (κ3) is 2.04. The van der Waals surface area contributed by atoms with Gasteiger partial charge >= 0.3 is 0 Å². The lowest BCUT2D eigenvalue weighted by Crippen LogP contribution is -2.42. The van der Waals surface area contributed by atoms with Crippen molar-refractivity contribution in [2.75, 3.05) is 17.2 Å². The number of para-hydroxylation sites is 1. The van der Waals surface area contributed by atoms with E-state index in [0.717, 1.165) is 22.5 Å². The fraction of sp³-hybridized carbons (Fsp3) is 0.136. The molecule has 0 bridgehead atoms. The summed E-state index contributed by atoms with van der Waals surface area (Å²) in [6.07, 6.45) is 1.73. The lowest BCUT2D eigenvalue weighted by Gasteiger charge is -2.23. The van der Waals surface area contributed by atoms with E-state index in [9.17, 15) is 4.79 Å². The molecule has 1 spiro atoms. The number of carbonyl (C=O) groups is 1. The number of nitrogens with two attached hydrogens (primary N) is 1. The van der Waals surface area contributed by atoms with Crippen LogP contribution in [0.5, 0.6) is 5.75 Å². The fourth-order valence-electron chi connectivity index (χ4n) is 4.44. The van der Waals surface area contributed by atoms with E-state index in [4.69, 9.17) is 15.0 Å². The molecule has 2 aliphatic rings. The summed E-state index contributed by atoms with van der Waals surface area (Å²) in [5.41, 5.74) is 9.01. The highest BCUT2D eigenvalue weighted by Gasteiger charge is 2.57. The van der Waals surface area contributed by atoms with Crippen molar-refractivity contribution in [3.8, 4) is 5.75 Å². The monoisotopic (exact) mass is 384 g/mol. The summed E-state index contributed by atoms with van der Waals surface area (Å²) in [4.78, 5) is 20.0. The zero-order valence-electron chi connectivity index (χ0n) is 15.3. The topological polar surface area (TPSA) is 94.5 Å². The molecule has 0 saturated heterocycles. The van der Waals surface area contributed by atoms with Crippen LogP contribution in [-0.4, -0.2) is 22.7 Å². The predicted octanol–water partition coefficient (Wildman–Crippen LogP) is 3.03. The number of carbonyl (C=O) groups excluding carboxylic acids is 1. The number of nitrogen functional groups attached to an aromatic ring is 1. The molecule has 6 rings (SSSR count). The molecule has 7 nitrogen and oxygen atoms in total. The molecule has 2 N–H and O–H groups in total. The Morgan fingerprint density at radius 1 is 1.10 bits per heavy atom. The van der Waals surface area contributed by atoms with Crippen molar-refractivity contribution in [2.24, 2.45) is 0 Å². The lowest BCUT2D eigenvalue weighted by atomic mass is 9.77. The minimum Gasteiger partial charge on any atom is -0.491 e. The molecule has 2 aliphatic heterocycles. The first-order chi connectivity index (χ1) is 14.2. The number of anilines is 2. The van der Waals surface area contributed by atoms with Gasteiger partial charge in [0, 0.05) is 23.5 Å². The summed E-state index contributed by atoms with van der Waals surface area (Å²) in [6.45, 7) is 0.627. The number of amides is 1. The van der Waals surface area contributed by atoms with Crippen molar-refractivity contribution < 1.29 is 14.1 Å². The highest BCUT2D eigenvalue weighted by molar-refractivity contribution is 6.12. The second-order valence-electron chi connectivity index (χ2n) is 7.34. The minimum atomic E-state index is -0.918. The Hall–Kier alpha value is -3.87. The van der Waals surface area contributed by atoms with Crippen molar-refractivity contribution in [1.82, 2.24) is 10.1 Å². The molecule has 0 radical (unpaired) electrons. The Kier molecular flexibility index (Phi) is 3.10. The first-order valence-electron chi connectivity index (χ1n) is 9.32. The number of hydrogen-bond acceptors (Lipinski definition) is 6. The predicted molar refractivity (Wildman–Crippen MR) is 107 cm³/mol. The van der Waals surface area contributed by atoms with Gasteiger partial charge in [0.1, 0.15) is 17.8 Å². The maximum absolute atomic E-state index is 13.9. The Labute approximate surface area is 165 Å². The minimum absolute atomic E-state index is 0.0301. The Bertz CT molecular complexity index is 1280. The van der Waals surface area contributed by atoms with Crippen LogP contribution in [0.25, 0.3) is 11.0 Å². The highest BCUT2D eigenvalue weighted by atomic mass is 16.5. The fourth-order valence-corrected chi connectivity index (χ4v) is 4.44. The maximum Gasteiger partial charge on any atom is 0.246 e. The van der Waals surface area contributed by atoms with E-state index < -0.39 is 5.41 Å². The first-order valence-corrected chi connectivity index (χ1v) is 9.32. The quantitative estimate of drug-likeness (QED) is 0.571. The van der Waals surface area contributed by atoms with Crippen LogP contribution < -0.4 is 15.4 Å². The number of fused-ring (bicyclic) bond motifs is 5. The molecule has 1 amide bonds. The van der Waals surface area contributed by atoms with Crippen molar-refractivity contribution >= 4 is 28.4 Å². The van der Waals surface area contributed by atoms with Crippen LogP contribution >= 0.6 is 0 Å². The van der Waals surface area contributed by atoms with Crippen LogP contribution in [0.2, 0.25) is 0 Å². The molecule has 4 aromatic rings. The molecule has 142 valence electrons. The number of pyridine rings is 1. The largest absolute Gasteiger partial charge is 0.491 e. The number of aromatic nitrogens is 2. The average Bonchev–Trinajstić information content (AvgIpc) is 3.38. The molecule has 29 heavy (non-hydrogen) atoms. The van der Waals surface area contributed by atoms with Crippen LogP contribution in [0, 0.1) is 0 Å². The zero-order chi connectivity index (χ0) is 19.6. The van der Waals surface area contributed by atoms with Gasteiger partial charge in [-0.1, -0.05) is 29.4 Å². The number of nitrogens with zero attached hydrogens (tertiary/aromatic N) is 3. The molecular formula is C22H16N4O3. The van der Waals surface area contributed by atoms with Crippen molar-refractivity contribution in [2.45, 2.75) is 12.0 Å². The summed E-state index contributed by atoms with van der Waals surface area (Å²) in [7, 11) is 0.